The Hall–Kier alpha value is -0.433. The van der Waals surface area contributed by atoms with Crippen molar-refractivity contribution < 1.29 is 23.8 Å². The van der Waals surface area contributed by atoms with Crippen molar-refractivity contribution in [1.82, 2.24) is 0 Å². The highest BCUT2D eigenvalue weighted by Crippen LogP contribution is 2.53. The van der Waals surface area contributed by atoms with Gasteiger partial charge in [0.05, 0.1) is 24.2 Å². The molecule has 0 radical (unpaired) electrons. The predicted octanol–water partition coefficient (Wildman–Crippen LogP) is 4.04. The van der Waals surface area contributed by atoms with E-state index in [1.165, 1.54) is 0 Å². The number of esters is 1. The third-order valence-corrected chi connectivity index (χ3v) is 10.9. The molecule has 1 saturated heterocycles. The normalized spacial score (nSPS) is 38.9. The number of carbonyl (C=O) groups excluding carboxylic acids is 1. The summed E-state index contributed by atoms with van der Waals surface area (Å²) in [6.07, 6.45) is -0.450. The molecule has 1 aliphatic carbocycles. The number of carbonyl (C=O) groups is 1. The molecule has 1 N–H and O–H groups in total. The highest BCUT2D eigenvalue weighted by Gasteiger charge is 2.65. The summed E-state index contributed by atoms with van der Waals surface area (Å²) < 4.78 is 18.6. The van der Waals surface area contributed by atoms with Crippen molar-refractivity contribution >= 4 is 14.3 Å². The minimum atomic E-state index is -2.11. The SMILES string of the molecule is CC(C)(C)O[C@H]1C[C@H](O[Si](C)(C)C(C)(C)C)[C@](C)(O)[C@@H]2OC(=O)C[C@]12C. The van der Waals surface area contributed by atoms with E-state index in [4.69, 9.17) is 13.9 Å². The highest BCUT2D eigenvalue weighted by molar-refractivity contribution is 6.74. The van der Waals surface area contributed by atoms with Crippen molar-refractivity contribution in [1.29, 1.82) is 0 Å². The number of fused-ring (bicyclic) bond motifs is 1. The van der Waals surface area contributed by atoms with Gasteiger partial charge in [0.25, 0.3) is 0 Å². The maximum Gasteiger partial charge on any atom is 0.306 e. The lowest BCUT2D eigenvalue weighted by Gasteiger charge is -2.55. The predicted molar refractivity (Wildman–Crippen MR) is 105 cm³/mol. The van der Waals surface area contributed by atoms with Gasteiger partial charge in [-0.1, -0.05) is 27.7 Å². The zero-order valence-corrected chi connectivity index (χ0v) is 19.2. The van der Waals surface area contributed by atoms with Crippen LogP contribution < -0.4 is 0 Å². The first-order chi connectivity index (χ1) is 11.4. The molecule has 1 heterocycles. The Bertz CT molecular complexity index is 558. The van der Waals surface area contributed by atoms with Crippen LogP contribution in [0.1, 0.15) is 68.2 Å². The Labute approximate surface area is 159 Å². The molecule has 1 aliphatic heterocycles. The maximum atomic E-state index is 12.1. The van der Waals surface area contributed by atoms with Crippen LogP contribution >= 0.6 is 0 Å². The summed E-state index contributed by atoms with van der Waals surface area (Å²) in [4.78, 5) is 12.1. The van der Waals surface area contributed by atoms with Crippen LogP contribution in [0.15, 0.2) is 0 Å². The van der Waals surface area contributed by atoms with E-state index < -0.39 is 31.5 Å². The molecular weight excluding hydrogens is 348 g/mol. The zero-order chi connectivity index (χ0) is 20.3. The van der Waals surface area contributed by atoms with Gasteiger partial charge in [-0.05, 0) is 45.8 Å². The van der Waals surface area contributed by atoms with Crippen LogP contribution in [0, 0.1) is 5.41 Å². The Morgan fingerprint density at radius 2 is 1.65 bits per heavy atom. The van der Waals surface area contributed by atoms with E-state index in [9.17, 15) is 9.90 Å². The van der Waals surface area contributed by atoms with Crippen LogP contribution in [0.3, 0.4) is 0 Å². The molecule has 152 valence electrons. The number of ether oxygens (including phenoxy) is 2. The molecule has 0 bridgehead atoms. The molecule has 5 nitrogen and oxygen atoms in total. The van der Waals surface area contributed by atoms with Crippen LogP contribution in [0.5, 0.6) is 0 Å². The monoisotopic (exact) mass is 386 g/mol. The quantitative estimate of drug-likeness (QED) is 0.586. The minimum Gasteiger partial charge on any atom is -0.458 e. The van der Waals surface area contributed by atoms with Crippen molar-refractivity contribution in [2.45, 2.75) is 116 Å². The van der Waals surface area contributed by atoms with Crippen LogP contribution in [-0.4, -0.2) is 48.9 Å². The summed E-state index contributed by atoms with van der Waals surface area (Å²) >= 11 is 0. The second-order valence-electron chi connectivity index (χ2n) is 11.1. The number of hydrogen-bond acceptors (Lipinski definition) is 5. The second-order valence-corrected chi connectivity index (χ2v) is 15.9. The third kappa shape index (κ3) is 3.89. The molecule has 5 atom stereocenters. The molecule has 26 heavy (non-hydrogen) atoms. The summed E-state index contributed by atoms with van der Waals surface area (Å²) in [5, 5.41) is 11.4. The standard InChI is InChI=1S/C20H38O5Si/c1-17(2,3)24-13-11-14(25-26(9,10)18(4,5)6)20(8,22)16-19(13,7)12-15(21)23-16/h13-14,16,22H,11-12H2,1-10H3/t13-,14-,16+,19+,20-/m0/s1. The van der Waals surface area contributed by atoms with Crippen molar-refractivity contribution in [3.63, 3.8) is 0 Å². The summed E-state index contributed by atoms with van der Waals surface area (Å²) in [6, 6.07) is 0. The first kappa shape index (κ1) is 21.9. The van der Waals surface area contributed by atoms with Crippen LogP contribution in [0.2, 0.25) is 18.1 Å². The fourth-order valence-corrected chi connectivity index (χ4v) is 5.36. The van der Waals surface area contributed by atoms with Gasteiger partial charge in [0.15, 0.2) is 8.32 Å². The van der Waals surface area contributed by atoms with Crippen molar-refractivity contribution in [2.75, 3.05) is 0 Å². The lowest BCUT2D eigenvalue weighted by atomic mass is 9.63. The van der Waals surface area contributed by atoms with E-state index in [2.05, 4.69) is 33.9 Å². The van der Waals surface area contributed by atoms with Gasteiger partial charge in [0.2, 0.25) is 0 Å². The van der Waals surface area contributed by atoms with Gasteiger partial charge in [-0.3, -0.25) is 4.79 Å². The third-order valence-electron chi connectivity index (χ3n) is 6.46. The van der Waals surface area contributed by atoms with Crippen LogP contribution in [-0.2, 0) is 18.7 Å². The molecule has 0 aromatic carbocycles. The summed E-state index contributed by atoms with van der Waals surface area (Å²) in [6.45, 7) is 20.7. The molecule has 0 amide bonds. The van der Waals surface area contributed by atoms with Gasteiger partial charge in [0.1, 0.15) is 11.7 Å². The van der Waals surface area contributed by atoms with Crippen LogP contribution in [0.25, 0.3) is 0 Å². The van der Waals surface area contributed by atoms with E-state index in [1.807, 2.05) is 27.7 Å². The van der Waals surface area contributed by atoms with Gasteiger partial charge < -0.3 is 19.0 Å². The van der Waals surface area contributed by atoms with E-state index in [0.29, 0.717) is 6.42 Å². The molecule has 0 spiro atoms. The molecule has 0 aromatic rings. The summed E-state index contributed by atoms with van der Waals surface area (Å²) in [5.41, 5.74) is -2.15. The molecule has 0 aromatic heterocycles. The minimum absolute atomic E-state index is 0.0244. The lowest BCUT2D eigenvalue weighted by Crippen LogP contribution is -2.67. The fourth-order valence-electron chi connectivity index (χ4n) is 3.96. The van der Waals surface area contributed by atoms with E-state index in [-0.39, 0.29) is 29.1 Å². The van der Waals surface area contributed by atoms with E-state index in [0.717, 1.165) is 0 Å². The fraction of sp³-hybridized carbons (Fsp3) is 0.950. The molecule has 6 heteroatoms. The summed E-state index contributed by atoms with van der Waals surface area (Å²) in [5.74, 6) is -0.270. The van der Waals surface area contributed by atoms with Gasteiger partial charge in [-0.2, -0.15) is 0 Å². The molecule has 2 fully saturated rings. The largest absolute Gasteiger partial charge is 0.458 e. The van der Waals surface area contributed by atoms with Gasteiger partial charge in [0, 0.05) is 11.8 Å². The summed E-state index contributed by atoms with van der Waals surface area (Å²) in [7, 11) is -2.11. The number of hydrogen-bond donors (Lipinski definition) is 1. The van der Waals surface area contributed by atoms with Gasteiger partial charge >= 0.3 is 5.97 Å². The van der Waals surface area contributed by atoms with Crippen molar-refractivity contribution in [3.8, 4) is 0 Å². The Morgan fingerprint density at radius 1 is 1.12 bits per heavy atom. The van der Waals surface area contributed by atoms with Crippen molar-refractivity contribution in [2.24, 2.45) is 5.41 Å². The second kappa shape index (κ2) is 6.29. The molecule has 2 aliphatic rings. The van der Waals surface area contributed by atoms with Gasteiger partial charge in [-0.25, -0.2) is 0 Å². The Balaban J connectivity index is 2.40. The lowest BCUT2D eigenvalue weighted by molar-refractivity contribution is -0.240. The topological polar surface area (TPSA) is 65.0 Å². The molecule has 2 rings (SSSR count). The number of aliphatic hydroxyl groups is 1. The van der Waals surface area contributed by atoms with Crippen LogP contribution in [0.4, 0.5) is 0 Å². The zero-order valence-electron chi connectivity index (χ0n) is 18.2. The molecule has 0 unspecified atom stereocenters. The number of rotatable bonds is 3. The maximum absolute atomic E-state index is 12.1. The first-order valence-electron chi connectivity index (χ1n) is 9.68. The Kier molecular flexibility index (Phi) is 5.29. The Morgan fingerprint density at radius 3 is 2.12 bits per heavy atom. The van der Waals surface area contributed by atoms with Gasteiger partial charge in [-0.15, -0.1) is 0 Å². The average molecular weight is 387 g/mol. The molecule has 1 saturated carbocycles. The van der Waals surface area contributed by atoms with E-state index >= 15 is 0 Å². The molecular formula is C20H38O5Si. The van der Waals surface area contributed by atoms with Crippen molar-refractivity contribution in [3.05, 3.63) is 0 Å². The first-order valence-corrected chi connectivity index (χ1v) is 12.6. The average Bonchev–Trinajstić information content (AvgIpc) is 2.70. The smallest absolute Gasteiger partial charge is 0.306 e. The highest BCUT2D eigenvalue weighted by atomic mass is 28.4. The van der Waals surface area contributed by atoms with E-state index in [1.54, 1.807) is 6.92 Å².